The number of rotatable bonds is 5. The van der Waals surface area contributed by atoms with Crippen LogP contribution in [0.1, 0.15) is 11.6 Å². The molecule has 0 aliphatic heterocycles. The first-order valence-corrected chi connectivity index (χ1v) is 5.75. The van der Waals surface area contributed by atoms with Crippen molar-refractivity contribution in [3.05, 3.63) is 53.4 Å². The van der Waals surface area contributed by atoms with Crippen molar-refractivity contribution in [1.29, 1.82) is 0 Å². The van der Waals surface area contributed by atoms with Crippen LogP contribution in [0.15, 0.2) is 47.3 Å². The van der Waals surface area contributed by atoms with Crippen LogP contribution in [-0.2, 0) is 0 Å². The van der Waals surface area contributed by atoms with Crippen LogP contribution >= 0.6 is 11.6 Å². The highest BCUT2D eigenvalue weighted by Gasteiger charge is 2.10. The number of benzene rings is 1. The molecule has 0 aliphatic rings. The number of halogens is 1. The van der Waals surface area contributed by atoms with Gasteiger partial charge in [-0.25, -0.2) is 0 Å². The van der Waals surface area contributed by atoms with E-state index >= 15 is 0 Å². The molecular formula is C13H14ClNO2. The largest absolute Gasteiger partial charge is 0.492 e. The van der Waals surface area contributed by atoms with Crippen molar-refractivity contribution >= 4 is 11.6 Å². The highest BCUT2D eigenvalue weighted by molar-refractivity contribution is 6.30. The minimum absolute atomic E-state index is 0.115. The van der Waals surface area contributed by atoms with Crippen molar-refractivity contribution in [2.75, 3.05) is 13.7 Å². The highest BCUT2D eigenvalue weighted by Crippen LogP contribution is 2.18. The topological polar surface area (TPSA) is 34.4 Å². The fraction of sp³-hybridized carbons (Fsp3) is 0.231. The maximum atomic E-state index is 5.80. The van der Waals surface area contributed by atoms with E-state index in [-0.39, 0.29) is 6.04 Å². The Morgan fingerprint density at radius 2 is 2.06 bits per heavy atom. The smallest absolute Gasteiger partial charge is 0.119 e. The summed E-state index contributed by atoms with van der Waals surface area (Å²) >= 11 is 5.80. The number of nitrogens with one attached hydrogen (secondary N) is 1. The Morgan fingerprint density at radius 3 is 2.65 bits per heavy atom. The van der Waals surface area contributed by atoms with Crippen molar-refractivity contribution < 1.29 is 9.15 Å². The summed E-state index contributed by atoms with van der Waals surface area (Å²) in [5, 5.41) is 3.88. The SMILES string of the molecule is CNC(COc1ccc(Cl)cc1)c1ccoc1. The zero-order chi connectivity index (χ0) is 12.1. The van der Waals surface area contributed by atoms with E-state index in [9.17, 15) is 0 Å². The molecule has 2 rings (SSSR count). The van der Waals surface area contributed by atoms with Crippen LogP contribution in [0.3, 0.4) is 0 Å². The first kappa shape index (κ1) is 12.0. The summed E-state index contributed by atoms with van der Waals surface area (Å²) in [6, 6.07) is 9.36. The van der Waals surface area contributed by atoms with E-state index in [4.69, 9.17) is 20.8 Å². The van der Waals surface area contributed by atoms with E-state index in [2.05, 4.69) is 5.32 Å². The van der Waals surface area contributed by atoms with E-state index in [1.807, 2.05) is 37.4 Å². The van der Waals surface area contributed by atoms with Gasteiger partial charge in [-0.2, -0.15) is 0 Å². The molecule has 2 aromatic rings. The highest BCUT2D eigenvalue weighted by atomic mass is 35.5. The van der Waals surface area contributed by atoms with Crippen LogP contribution in [0.2, 0.25) is 5.02 Å². The van der Waals surface area contributed by atoms with Crippen molar-refractivity contribution in [2.45, 2.75) is 6.04 Å². The Balaban J connectivity index is 1.94. The van der Waals surface area contributed by atoms with Gasteiger partial charge < -0.3 is 14.5 Å². The minimum atomic E-state index is 0.115. The molecule has 0 bridgehead atoms. The molecule has 1 atom stereocenters. The van der Waals surface area contributed by atoms with Crippen LogP contribution in [-0.4, -0.2) is 13.7 Å². The van der Waals surface area contributed by atoms with Gasteiger partial charge in [0, 0.05) is 10.6 Å². The van der Waals surface area contributed by atoms with Gasteiger partial charge in [0.05, 0.1) is 18.6 Å². The lowest BCUT2D eigenvalue weighted by molar-refractivity contribution is 0.272. The molecule has 0 radical (unpaired) electrons. The normalized spacial score (nSPS) is 12.4. The average Bonchev–Trinajstić information content (AvgIpc) is 2.86. The Labute approximate surface area is 105 Å². The van der Waals surface area contributed by atoms with Gasteiger partial charge in [0.2, 0.25) is 0 Å². The number of hydrogen-bond donors (Lipinski definition) is 1. The van der Waals surface area contributed by atoms with Gasteiger partial charge in [-0.05, 0) is 37.4 Å². The first-order chi connectivity index (χ1) is 8.29. The molecule has 1 aromatic carbocycles. The fourth-order valence-electron chi connectivity index (χ4n) is 1.53. The Bertz CT molecular complexity index is 439. The molecule has 0 fully saturated rings. The Kier molecular flexibility index (Phi) is 4.07. The summed E-state index contributed by atoms with van der Waals surface area (Å²) in [5.74, 6) is 0.804. The quantitative estimate of drug-likeness (QED) is 0.886. The third-order valence-corrected chi connectivity index (χ3v) is 2.78. The van der Waals surface area contributed by atoms with Gasteiger partial charge in [0.25, 0.3) is 0 Å². The summed E-state index contributed by atoms with van der Waals surface area (Å²) in [5.41, 5.74) is 1.07. The van der Waals surface area contributed by atoms with Gasteiger partial charge in [-0.1, -0.05) is 11.6 Å². The van der Waals surface area contributed by atoms with Crippen LogP contribution < -0.4 is 10.1 Å². The summed E-state index contributed by atoms with van der Waals surface area (Å²) < 4.78 is 10.7. The molecule has 1 N–H and O–H groups in total. The summed E-state index contributed by atoms with van der Waals surface area (Å²) in [6.45, 7) is 0.539. The maximum Gasteiger partial charge on any atom is 0.119 e. The number of likely N-dealkylation sites (N-methyl/N-ethyl adjacent to an activating group) is 1. The van der Waals surface area contributed by atoms with Crippen molar-refractivity contribution in [2.24, 2.45) is 0 Å². The predicted octanol–water partition coefficient (Wildman–Crippen LogP) is 3.27. The zero-order valence-electron chi connectivity index (χ0n) is 9.52. The van der Waals surface area contributed by atoms with Gasteiger partial charge >= 0.3 is 0 Å². The van der Waals surface area contributed by atoms with Gasteiger partial charge in [0.15, 0.2) is 0 Å². The van der Waals surface area contributed by atoms with Gasteiger partial charge in [-0.3, -0.25) is 0 Å². The van der Waals surface area contributed by atoms with Gasteiger partial charge in [-0.15, -0.1) is 0 Å². The van der Waals surface area contributed by atoms with E-state index in [0.717, 1.165) is 11.3 Å². The summed E-state index contributed by atoms with van der Waals surface area (Å²) in [6.07, 6.45) is 3.37. The van der Waals surface area contributed by atoms with Crippen molar-refractivity contribution in [3.63, 3.8) is 0 Å². The zero-order valence-corrected chi connectivity index (χ0v) is 10.3. The Morgan fingerprint density at radius 1 is 1.29 bits per heavy atom. The molecule has 0 amide bonds. The molecule has 90 valence electrons. The molecule has 1 aromatic heterocycles. The van der Waals surface area contributed by atoms with Crippen LogP contribution in [0, 0.1) is 0 Å². The Hall–Kier alpha value is -1.45. The molecule has 0 saturated carbocycles. The number of furan rings is 1. The minimum Gasteiger partial charge on any atom is -0.492 e. The summed E-state index contributed by atoms with van der Waals surface area (Å²) in [7, 11) is 1.89. The molecule has 0 spiro atoms. The van der Waals surface area contributed by atoms with Crippen molar-refractivity contribution in [1.82, 2.24) is 5.32 Å². The van der Waals surface area contributed by atoms with Gasteiger partial charge in [0.1, 0.15) is 12.4 Å². The van der Waals surface area contributed by atoms with Crippen molar-refractivity contribution in [3.8, 4) is 5.75 Å². The van der Waals surface area contributed by atoms with Crippen LogP contribution in [0.5, 0.6) is 5.75 Å². The lowest BCUT2D eigenvalue weighted by Crippen LogP contribution is -2.22. The second-order valence-corrected chi connectivity index (χ2v) is 4.10. The monoisotopic (exact) mass is 251 g/mol. The average molecular weight is 252 g/mol. The second kappa shape index (κ2) is 5.75. The van der Waals surface area contributed by atoms with E-state index in [0.29, 0.717) is 11.6 Å². The third kappa shape index (κ3) is 3.25. The predicted molar refractivity (Wildman–Crippen MR) is 67.5 cm³/mol. The molecule has 0 saturated heterocycles. The number of hydrogen-bond acceptors (Lipinski definition) is 3. The lowest BCUT2D eigenvalue weighted by Gasteiger charge is -2.15. The van der Waals surface area contributed by atoms with Crippen LogP contribution in [0.25, 0.3) is 0 Å². The standard InChI is InChI=1S/C13H14ClNO2/c1-15-13(10-6-7-16-8-10)9-17-12-4-2-11(14)3-5-12/h2-8,13,15H,9H2,1H3. The fourth-order valence-corrected chi connectivity index (χ4v) is 1.66. The molecule has 1 unspecified atom stereocenters. The molecule has 0 aliphatic carbocycles. The molecule has 4 heteroatoms. The molecular weight excluding hydrogens is 238 g/mol. The lowest BCUT2D eigenvalue weighted by atomic mass is 10.2. The van der Waals surface area contributed by atoms with E-state index in [1.54, 1.807) is 12.5 Å². The molecule has 3 nitrogen and oxygen atoms in total. The summed E-state index contributed by atoms with van der Waals surface area (Å²) in [4.78, 5) is 0. The molecule has 17 heavy (non-hydrogen) atoms. The van der Waals surface area contributed by atoms with E-state index in [1.165, 1.54) is 0 Å². The molecule has 1 heterocycles. The first-order valence-electron chi connectivity index (χ1n) is 5.37. The number of ether oxygens (including phenoxy) is 1. The van der Waals surface area contributed by atoms with Crippen LogP contribution in [0.4, 0.5) is 0 Å². The maximum absolute atomic E-state index is 5.80. The van der Waals surface area contributed by atoms with E-state index < -0.39 is 0 Å². The second-order valence-electron chi connectivity index (χ2n) is 3.66. The third-order valence-electron chi connectivity index (χ3n) is 2.52.